The lowest BCUT2D eigenvalue weighted by Gasteiger charge is -2.11. The summed E-state index contributed by atoms with van der Waals surface area (Å²) in [4.78, 5) is 40.4. The number of carbonyl (C=O) groups excluding carboxylic acids is 3. The van der Waals surface area contributed by atoms with E-state index in [1.54, 1.807) is 31.2 Å². The number of amides is 2. The molecule has 1 heterocycles. The summed E-state index contributed by atoms with van der Waals surface area (Å²) in [6.45, 7) is 4.44. The molecule has 26 heavy (non-hydrogen) atoms. The number of aromatic nitrogens is 1. The van der Waals surface area contributed by atoms with E-state index in [1.807, 2.05) is 6.92 Å². The molecule has 1 aromatic carbocycles. The van der Waals surface area contributed by atoms with Crippen LogP contribution < -0.4 is 10.6 Å². The van der Waals surface area contributed by atoms with Gasteiger partial charge in [-0.05, 0) is 31.5 Å². The lowest BCUT2D eigenvalue weighted by molar-refractivity contribution is 0.0527. The zero-order chi connectivity index (χ0) is 18.9. The van der Waals surface area contributed by atoms with Gasteiger partial charge in [0.1, 0.15) is 0 Å². The second kappa shape index (κ2) is 9.31. The lowest BCUT2D eigenvalue weighted by atomic mass is 10.1. The summed E-state index contributed by atoms with van der Waals surface area (Å²) in [6, 6.07) is 8.02. The zero-order valence-electron chi connectivity index (χ0n) is 14.7. The van der Waals surface area contributed by atoms with Crippen molar-refractivity contribution < 1.29 is 19.1 Å². The fourth-order valence-electron chi connectivity index (χ4n) is 2.20. The average Bonchev–Trinajstić information content (AvgIpc) is 2.66. The van der Waals surface area contributed by atoms with E-state index in [4.69, 9.17) is 4.74 Å². The second-order valence-corrected chi connectivity index (χ2v) is 5.44. The average molecular weight is 355 g/mol. The molecule has 7 nitrogen and oxygen atoms in total. The van der Waals surface area contributed by atoms with Gasteiger partial charge in [-0.15, -0.1) is 0 Å². The van der Waals surface area contributed by atoms with E-state index in [0.717, 1.165) is 6.42 Å². The maximum atomic E-state index is 12.5. The number of benzene rings is 1. The highest BCUT2D eigenvalue weighted by Gasteiger charge is 2.16. The number of hydrogen-bond donors (Lipinski definition) is 2. The highest BCUT2D eigenvalue weighted by Crippen LogP contribution is 2.17. The van der Waals surface area contributed by atoms with Gasteiger partial charge >= 0.3 is 5.97 Å². The van der Waals surface area contributed by atoms with Crippen LogP contribution in [0.25, 0.3) is 0 Å². The molecule has 2 rings (SSSR count). The quantitative estimate of drug-likeness (QED) is 0.744. The second-order valence-electron chi connectivity index (χ2n) is 5.44. The molecule has 2 amide bonds. The van der Waals surface area contributed by atoms with Crippen molar-refractivity contribution in [3.05, 3.63) is 59.4 Å². The Morgan fingerprint density at radius 1 is 1.04 bits per heavy atom. The Balaban J connectivity index is 2.18. The fourth-order valence-corrected chi connectivity index (χ4v) is 2.20. The van der Waals surface area contributed by atoms with Crippen LogP contribution in [0, 0.1) is 0 Å². The number of nitrogens with one attached hydrogen (secondary N) is 2. The summed E-state index contributed by atoms with van der Waals surface area (Å²) in [5.41, 5.74) is 1.10. The fraction of sp³-hybridized carbons (Fsp3) is 0.263. The third-order valence-electron chi connectivity index (χ3n) is 3.47. The number of ether oxygens (including phenoxy) is 1. The van der Waals surface area contributed by atoms with Gasteiger partial charge in [-0.25, -0.2) is 4.79 Å². The third kappa shape index (κ3) is 4.89. The maximum absolute atomic E-state index is 12.5. The number of esters is 1. The molecule has 136 valence electrons. The lowest BCUT2D eigenvalue weighted by Crippen LogP contribution is -2.24. The molecule has 0 saturated carbocycles. The summed E-state index contributed by atoms with van der Waals surface area (Å²) < 4.78 is 4.99. The van der Waals surface area contributed by atoms with Crippen molar-refractivity contribution in [3.63, 3.8) is 0 Å². The van der Waals surface area contributed by atoms with Gasteiger partial charge in [0.25, 0.3) is 11.8 Å². The molecule has 0 aliphatic heterocycles. The molecule has 0 bridgehead atoms. The minimum atomic E-state index is -0.519. The van der Waals surface area contributed by atoms with Gasteiger partial charge in [0.2, 0.25) is 0 Å². The normalized spacial score (nSPS) is 10.1. The van der Waals surface area contributed by atoms with Gasteiger partial charge in [0.15, 0.2) is 0 Å². The highest BCUT2D eigenvalue weighted by molar-refractivity contribution is 6.08. The van der Waals surface area contributed by atoms with E-state index >= 15 is 0 Å². The van der Waals surface area contributed by atoms with E-state index in [0.29, 0.717) is 17.8 Å². The minimum Gasteiger partial charge on any atom is -0.462 e. The third-order valence-corrected chi connectivity index (χ3v) is 3.47. The standard InChI is InChI=1S/C19H21N3O4/c1-3-9-21-17(23)13-10-14(12-20-11-13)18(24)22-16-8-6-5-7-15(16)19(25)26-4-2/h5-8,10-12H,3-4,9H2,1-2H3,(H,21,23)(H,22,24). The van der Waals surface area contributed by atoms with Crippen molar-refractivity contribution in [2.45, 2.75) is 20.3 Å². The molecule has 0 radical (unpaired) electrons. The zero-order valence-corrected chi connectivity index (χ0v) is 14.7. The van der Waals surface area contributed by atoms with E-state index in [-0.39, 0.29) is 23.6 Å². The van der Waals surface area contributed by atoms with Gasteiger partial charge in [0.05, 0.1) is 29.0 Å². The van der Waals surface area contributed by atoms with Crippen molar-refractivity contribution in [2.75, 3.05) is 18.5 Å². The van der Waals surface area contributed by atoms with E-state index in [9.17, 15) is 14.4 Å². The van der Waals surface area contributed by atoms with E-state index in [1.165, 1.54) is 18.5 Å². The maximum Gasteiger partial charge on any atom is 0.340 e. The van der Waals surface area contributed by atoms with Crippen LogP contribution >= 0.6 is 0 Å². The van der Waals surface area contributed by atoms with Gasteiger partial charge in [-0.3, -0.25) is 14.6 Å². The summed E-state index contributed by atoms with van der Waals surface area (Å²) >= 11 is 0. The number of hydrogen-bond acceptors (Lipinski definition) is 5. The Labute approximate surface area is 151 Å². The Morgan fingerprint density at radius 3 is 2.42 bits per heavy atom. The van der Waals surface area contributed by atoms with Crippen molar-refractivity contribution in [1.82, 2.24) is 10.3 Å². The van der Waals surface area contributed by atoms with Gasteiger partial charge in [-0.1, -0.05) is 19.1 Å². The van der Waals surface area contributed by atoms with Crippen LogP contribution in [0.4, 0.5) is 5.69 Å². The topological polar surface area (TPSA) is 97.4 Å². The first kappa shape index (κ1) is 19.1. The van der Waals surface area contributed by atoms with Crippen molar-refractivity contribution >= 4 is 23.5 Å². The summed E-state index contributed by atoms with van der Waals surface area (Å²) in [7, 11) is 0. The van der Waals surface area contributed by atoms with Crippen molar-refractivity contribution in [3.8, 4) is 0 Å². The number of anilines is 1. The molecule has 1 aromatic heterocycles. The van der Waals surface area contributed by atoms with Crippen LogP contribution in [0.5, 0.6) is 0 Å². The number of nitrogens with zero attached hydrogens (tertiary/aromatic N) is 1. The molecule has 0 saturated heterocycles. The Bertz CT molecular complexity index is 805. The van der Waals surface area contributed by atoms with Crippen LogP contribution in [0.15, 0.2) is 42.7 Å². The molecule has 2 N–H and O–H groups in total. The van der Waals surface area contributed by atoms with Crippen LogP contribution in [0.3, 0.4) is 0 Å². The van der Waals surface area contributed by atoms with Gasteiger partial charge in [-0.2, -0.15) is 0 Å². The van der Waals surface area contributed by atoms with Crippen molar-refractivity contribution in [2.24, 2.45) is 0 Å². The predicted molar refractivity (Wildman–Crippen MR) is 97.2 cm³/mol. The molecule has 0 aliphatic rings. The van der Waals surface area contributed by atoms with Crippen LogP contribution in [-0.2, 0) is 4.74 Å². The SMILES string of the molecule is CCCNC(=O)c1cncc(C(=O)Nc2ccccc2C(=O)OCC)c1. The summed E-state index contributed by atoms with van der Waals surface area (Å²) in [5, 5.41) is 5.39. The number of carbonyl (C=O) groups is 3. The first-order chi connectivity index (χ1) is 12.6. The molecule has 0 fully saturated rings. The monoisotopic (exact) mass is 355 g/mol. The van der Waals surface area contributed by atoms with Gasteiger partial charge < -0.3 is 15.4 Å². The molecule has 0 unspecified atom stereocenters. The molecular weight excluding hydrogens is 334 g/mol. The number of para-hydroxylation sites is 1. The number of pyridine rings is 1. The molecule has 0 aliphatic carbocycles. The highest BCUT2D eigenvalue weighted by atomic mass is 16.5. The Kier molecular flexibility index (Phi) is 6.84. The number of rotatable bonds is 7. The Hall–Kier alpha value is -3.22. The smallest absolute Gasteiger partial charge is 0.340 e. The minimum absolute atomic E-state index is 0.216. The molecule has 0 atom stereocenters. The predicted octanol–water partition coefficient (Wildman–Crippen LogP) is 2.65. The summed E-state index contributed by atoms with van der Waals surface area (Å²) in [5.74, 6) is -1.28. The molecule has 2 aromatic rings. The van der Waals surface area contributed by atoms with E-state index < -0.39 is 11.9 Å². The van der Waals surface area contributed by atoms with Gasteiger partial charge in [0, 0.05) is 18.9 Å². The summed E-state index contributed by atoms with van der Waals surface area (Å²) in [6.07, 6.45) is 3.57. The molecular formula is C19H21N3O4. The molecule has 0 spiro atoms. The van der Waals surface area contributed by atoms with E-state index in [2.05, 4.69) is 15.6 Å². The first-order valence-corrected chi connectivity index (χ1v) is 8.37. The largest absolute Gasteiger partial charge is 0.462 e. The molecule has 7 heteroatoms. The Morgan fingerprint density at radius 2 is 1.73 bits per heavy atom. The van der Waals surface area contributed by atoms with Crippen LogP contribution in [0.1, 0.15) is 51.3 Å². The van der Waals surface area contributed by atoms with Crippen LogP contribution in [-0.4, -0.2) is 35.9 Å². The first-order valence-electron chi connectivity index (χ1n) is 8.37. The van der Waals surface area contributed by atoms with Crippen LogP contribution in [0.2, 0.25) is 0 Å². The van der Waals surface area contributed by atoms with Crippen molar-refractivity contribution in [1.29, 1.82) is 0 Å².